The lowest BCUT2D eigenvalue weighted by Crippen LogP contribution is -2.11. The maximum Gasteiger partial charge on any atom is 0.163 e. The van der Waals surface area contributed by atoms with Gasteiger partial charge in [-0.15, -0.1) is 0 Å². The summed E-state index contributed by atoms with van der Waals surface area (Å²) in [6.45, 7) is 5.81. The molecule has 0 heterocycles. The summed E-state index contributed by atoms with van der Waals surface area (Å²) >= 11 is 0. The van der Waals surface area contributed by atoms with Gasteiger partial charge < -0.3 is 4.74 Å². The van der Waals surface area contributed by atoms with Crippen molar-refractivity contribution in [2.75, 3.05) is 0 Å². The van der Waals surface area contributed by atoms with Gasteiger partial charge in [-0.05, 0) is 62.1 Å². The van der Waals surface area contributed by atoms with Crippen LogP contribution in [0.5, 0.6) is 5.75 Å². The quantitative estimate of drug-likeness (QED) is 0.544. The number of Topliss-reactive ketones (excluding diaryl/α,β-unsaturated/α-hetero) is 2. The van der Waals surface area contributed by atoms with Crippen molar-refractivity contribution in [1.82, 2.24) is 0 Å². The van der Waals surface area contributed by atoms with E-state index in [9.17, 15) is 9.59 Å². The highest BCUT2D eigenvalue weighted by Gasteiger charge is 2.19. The van der Waals surface area contributed by atoms with Crippen LogP contribution in [0.2, 0.25) is 0 Å². The molecule has 2 aromatic rings. The third kappa shape index (κ3) is 5.12. The van der Waals surface area contributed by atoms with E-state index in [1.54, 1.807) is 30.3 Å². The molecule has 0 saturated heterocycles. The fourth-order valence-corrected chi connectivity index (χ4v) is 3.66. The van der Waals surface area contributed by atoms with Gasteiger partial charge in [-0.2, -0.15) is 5.26 Å². The van der Waals surface area contributed by atoms with Crippen molar-refractivity contribution in [3.8, 4) is 11.8 Å². The minimum Gasteiger partial charge on any atom is -0.486 e. The highest BCUT2D eigenvalue weighted by Crippen LogP contribution is 2.26. The summed E-state index contributed by atoms with van der Waals surface area (Å²) in [4.78, 5) is 24.8. The van der Waals surface area contributed by atoms with Gasteiger partial charge in [0.15, 0.2) is 11.6 Å². The Balaban J connectivity index is 1.62. The summed E-state index contributed by atoms with van der Waals surface area (Å²) in [6.07, 6.45) is 3.06. The summed E-state index contributed by atoms with van der Waals surface area (Å²) in [5.74, 6) is 0.782. The molecule has 3 rings (SSSR count). The molecule has 0 saturated carbocycles. The minimum atomic E-state index is -0.217. The lowest BCUT2D eigenvalue weighted by atomic mass is 9.89. The topological polar surface area (TPSA) is 67.2 Å². The standard InChI is InChI=1S/C26H25NO3/c1-17-13-18(2)24(26(29)14-17)11-12-25(28)22-9-7-21(8-10-22)19(3)30-23-6-4-5-20(15-23)16-27/h4-10,13,15,19H,11-12,14H2,1-3H3/t19-/m0/s1. The van der Waals surface area contributed by atoms with Gasteiger partial charge in [0.1, 0.15) is 11.9 Å². The van der Waals surface area contributed by atoms with Gasteiger partial charge in [-0.3, -0.25) is 9.59 Å². The Morgan fingerprint density at radius 1 is 1.17 bits per heavy atom. The molecule has 0 unspecified atom stereocenters. The largest absolute Gasteiger partial charge is 0.486 e. The van der Waals surface area contributed by atoms with E-state index in [1.807, 2.05) is 45.0 Å². The van der Waals surface area contributed by atoms with Crippen molar-refractivity contribution in [3.05, 3.63) is 88.0 Å². The van der Waals surface area contributed by atoms with E-state index >= 15 is 0 Å². The summed E-state index contributed by atoms with van der Waals surface area (Å²) in [7, 11) is 0. The van der Waals surface area contributed by atoms with Crippen LogP contribution in [0, 0.1) is 11.3 Å². The van der Waals surface area contributed by atoms with Gasteiger partial charge in [-0.25, -0.2) is 0 Å². The number of ketones is 2. The van der Waals surface area contributed by atoms with Gasteiger partial charge in [0, 0.05) is 18.4 Å². The Labute approximate surface area is 177 Å². The Bertz CT molecular complexity index is 1070. The smallest absolute Gasteiger partial charge is 0.163 e. The molecule has 30 heavy (non-hydrogen) atoms. The number of nitrogens with zero attached hydrogens (tertiary/aromatic N) is 1. The fraction of sp³-hybridized carbons (Fsp3) is 0.269. The molecule has 1 aliphatic carbocycles. The molecular formula is C26H25NO3. The molecule has 1 aliphatic rings. The first-order chi connectivity index (χ1) is 14.4. The Morgan fingerprint density at radius 2 is 1.90 bits per heavy atom. The van der Waals surface area contributed by atoms with Gasteiger partial charge in [0.25, 0.3) is 0 Å². The lowest BCUT2D eigenvalue weighted by Gasteiger charge is -2.16. The molecule has 0 aromatic heterocycles. The average molecular weight is 399 g/mol. The molecule has 0 spiro atoms. The first kappa shape index (κ1) is 21.3. The van der Waals surface area contributed by atoms with Crippen LogP contribution in [0.25, 0.3) is 0 Å². The van der Waals surface area contributed by atoms with Gasteiger partial charge in [-0.1, -0.05) is 42.0 Å². The molecule has 2 aromatic carbocycles. The van der Waals surface area contributed by atoms with E-state index in [4.69, 9.17) is 10.00 Å². The van der Waals surface area contributed by atoms with Crippen LogP contribution in [0.3, 0.4) is 0 Å². The summed E-state index contributed by atoms with van der Waals surface area (Å²) < 4.78 is 5.92. The molecule has 0 fully saturated rings. The Morgan fingerprint density at radius 3 is 2.57 bits per heavy atom. The normalized spacial score (nSPS) is 14.7. The number of allylic oxidation sites excluding steroid dienone is 4. The SMILES string of the molecule is CC1=CC(C)=C(CCC(=O)c2ccc([C@H](C)Oc3cccc(C#N)c3)cc2)C(=O)C1. The number of carbonyl (C=O) groups excluding carboxylic acids is 2. The molecule has 4 nitrogen and oxygen atoms in total. The second kappa shape index (κ2) is 9.37. The first-order valence-corrected chi connectivity index (χ1v) is 10.1. The maximum absolute atomic E-state index is 12.6. The zero-order valence-corrected chi connectivity index (χ0v) is 17.6. The second-order valence-electron chi connectivity index (χ2n) is 7.70. The maximum atomic E-state index is 12.6. The van der Waals surface area contributed by atoms with Crippen molar-refractivity contribution in [1.29, 1.82) is 5.26 Å². The highest BCUT2D eigenvalue weighted by atomic mass is 16.5. The van der Waals surface area contributed by atoms with E-state index in [0.29, 0.717) is 36.1 Å². The van der Waals surface area contributed by atoms with Crippen LogP contribution >= 0.6 is 0 Å². The van der Waals surface area contributed by atoms with E-state index < -0.39 is 0 Å². The highest BCUT2D eigenvalue weighted by molar-refractivity contribution is 6.01. The predicted octanol–water partition coefficient (Wildman–Crippen LogP) is 5.90. The summed E-state index contributed by atoms with van der Waals surface area (Å²) in [5.41, 5.74) is 4.93. The molecule has 0 radical (unpaired) electrons. The lowest BCUT2D eigenvalue weighted by molar-refractivity contribution is -0.115. The van der Waals surface area contributed by atoms with Crippen LogP contribution in [-0.4, -0.2) is 11.6 Å². The van der Waals surface area contributed by atoms with Crippen LogP contribution in [-0.2, 0) is 4.79 Å². The van der Waals surface area contributed by atoms with E-state index in [1.165, 1.54) is 0 Å². The molecule has 152 valence electrons. The molecule has 0 bridgehead atoms. The van der Waals surface area contributed by atoms with Crippen molar-refractivity contribution in [2.24, 2.45) is 0 Å². The molecular weight excluding hydrogens is 374 g/mol. The average Bonchev–Trinajstić information content (AvgIpc) is 2.73. The van der Waals surface area contributed by atoms with Gasteiger partial charge in [0.2, 0.25) is 0 Å². The Kier molecular flexibility index (Phi) is 6.64. The monoisotopic (exact) mass is 399 g/mol. The van der Waals surface area contributed by atoms with E-state index in [0.717, 1.165) is 22.3 Å². The number of benzene rings is 2. The molecule has 0 aliphatic heterocycles. The van der Waals surface area contributed by atoms with Crippen LogP contribution in [0.1, 0.15) is 67.6 Å². The number of nitriles is 1. The van der Waals surface area contributed by atoms with Crippen LogP contribution < -0.4 is 4.74 Å². The number of rotatable bonds is 7. The van der Waals surface area contributed by atoms with Crippen molar-refractivity contribution in [2.45, 2.75) is 46.1 Å². The van der Waals surface area contributed by atoms with Crippen molar-refractivity contribution in [3.63, 3.8) is 0 Å². The molecule has 1 atom stereocenters. The fourth-order valence-electron chi connectivity index (χ4n) is 3.66. The third-order valence-electron chi connectivity index (χ3n) is 5.30. The van der Waals surface area contributed by atoms with Crippen LogP contribution in [0.15, 0.2) is 71.3 Å². The van der Waals surface area contributed by atoms with Crippen molar-refractivity contribution < 1.29 is 14.3 Å². The van der Waals surface area contributed by atoms with E-state index in [-0.39, 0.29) is 17.7 Å². The molecule has 4 heteroatoms. The van der Waals surface area contributed by atoms with E-state index in [2.05, 4.69) is 6.07 Å². The summed E-state index contributed by atoms with van der Waals surface area (Å²) in [5, 5.41) is 9.00. The zero-order valence-electron chi connectivity index (χ0n) is 17.6. The number of hydrogen-bond acceptors (Lipinski definition) is 4. The minimum absolute atomic E-state index is 0.0243. The molecule has 0 amide bonds. The van der Waals surface area contributed by atoms with Crippen molar-refractivity contribution >= 4 is 11.6 Å². The zero-order chi connectivity index (χ0) is 21.7. The number of carbonyl (C=O) groups is 2. The van der Waals surface area contributed by atoms with Gasteiger partial charge >= 0.3 is 0 Å². The third-order valence-corrected chi connectivity index (χ3v) is 5.30. The Hall–Kier alpha value is -3.45. The number of ether oxygens (including phenoxy) is 1. The number of hydrogen-bond donors (Lipinski definition) is 0. The second-order valence-corrected chi connectivity index (χ2v) is 7.70. The van der Waals surface area contributed by atoms with Gasteiger partial charge in [0.05, 0.1) is 11.6 Å². The first-order valence-electron chi connectivity index (χ1n) is 10.1. The molecule has 0 N–H and O–H groups in total. The van der Waals surface area contributed by atoms with Crippen LogP contribution in [0.4, 0.5) is 0 Å². The summed E-state index contributed by atoms with van der Waals surface area (Å²) in [6, 6.07) is 16.5. The predicted molar refractivity (Wildman–Crippen MR) is 116 cm³/mol.